The van der Waals surface area contributed by atoms with E-state index in [9.17, 15) is 19.2 Å². The first-order valence-electron chi connectivity index (χ1n) is 46.7. The van der Waals surface area contributed by atoms with Gasteiger partial charge in [-0.3, -0.25) is 68.2 Å². The summed E-state index contributed by atoms with van der Waals surface area (Å²) in [5, 5.41) is 7.56. The third kappa shape index (κ3) is 46.1. The average Bonchev–Trinajstić information content (AvgIpc) is 0.933. The van der Waals surface area contributed by atoms with Crippen molar-refractivity contribution in [1.29, 1.82) is 0 Å². The number of benzene rings is 1. The van der Waals surface area contributed by atoms with Gasteiger partial charge in [0.2, 0.25) is 17.7 Å². The Labute approximate surface area is 811 Å². The van der Waals surface area contributed by atoms with E-state index in [2.05, 4.69) is 317 Å². The minimum Gasteiger partial charge on any atom is -0.481 e. The molecule has 6 saturated heterocycles. The molecular formula is C107H205N19O6. The van der Waals surface area contributed by atoms with Gasteiger partial charge in [0.1, 0.15) is 12.1 Å². The number of nitrogens with zero attached hydrogens (tertiary/aromatic N) is 19. The fourth-order valence-corrected chi connectivity index (χ4v) is 16.3. The Hall–Kier alpha value is -6.49. The van der Waals surface area contributed by atoms with Gasteiger partial charge < -0.3 is 24.2 Å². The molecule has 0 bridgehead atoms. The van der Waals surface area contributed by atoms with Crippen LogP contribution in [0.5, 0.6) is 5.88 Å². The number of aromatic nitrogens is 6. The lowest BCUT2D eigenvalue weighted by Crippen LogP contribution is -2.65. The molecule has 6 fully saturated rings. The van der Waals surface area contributed by atoms with E-state index in [1.165, 1.54) is 78.8 Å². The zero-order chi connectivity index (χ0) is 93.9. The number of esters is 1. The van der Waals surface area contributed by atoms with E-state index in [-0.39, 0.29) is 109 Å². The molecular weight excluding hydrogens is 1650 g/mol. The molecule has 3 aromatic heterocycles. The normalized spacial score (nSPS) is 19.2. The second-order valence-corrected chi connectivity index (χ2v) is 44.7. The highest BCUT2D eigenvalue weighted by Crippen LogP contribution is 2.31. The summed E-state index contributed by atoms with van der Waals surface area (Å²) in [7, 11) is 3.13. The van der Waals surface area contributed by atoms with Gasteiger partial charge in [0.25, 0.3) is 0 Å². The predicted molar refractivity (Wildman–Crippen MR) is 563 cm³/mol. The number of hydrogen-bond acceptors (Lipinski definition) is 22. The van der Waals surface area contributed by atoms with Crippen molar-refractivity contribution in [2.24, 2.45) is 5.41 Å². The summed E-state index contributed by atoms with van der Waals surface area (Å²) in [6, 6.07) is 12.0. The highest BCUT2D eigenvalue weighted by Gasteiger charge is 2.39. The molecule has 0 aliphatic carbocycles. The van der Waals surface area contributed by atoms with Crippen molar-refractivity contribution in [3.63, 3.8) is 0 Å². The molecule has 12 heterocycles. The van der Waals surface area contributed by atoms with Crippen LogP contribution in [0.1, 0.15) is 299 Å². The largest absolute Gasteiger partial charge is 0.481 e. The number of Topliss-reactive ketones (excluding diaryl/α,β-unsaturated/α-hetero) is 1. The minimum absolute atomic E-state index is 0. The third-order valence-electron chi connectivity index (χ3n) is 24.8. The fourth-order valence-electron chi connectivity index (χ4n) is 16.3. The molecule has 764 valence electrons. The van der Waals surface area contributed by atoms with E-state index in [0.717, 1.165) is 182 Å². The van der Waals surface area contributed by atoms with Crippen LogP contribution in [-0.2, 0) is 68.4 Å². The summed E-state index contributed by atoms with van der Waals surface area (Å²) in [4.78, 5) is 89.0. The van der Waals surface area contributed by atoms with Crippen molar-refractivity contribution in [3.05, 3.63) is 120 Å². The number of methoxy groups -OCH3 is 2. The number of piperazine rings is 6. The Balaban J connectivity index is -0.00000143. The topological polar surface area (TPSA) is 198 Å². The molecule has 2 unspecified atom stereocenters. The smallest absolute Gasteiger partial charge is 0.306 e. The van der Waals surface area contributed by atoms with Crippen LogP contribution in [-0.4, -0.2) is 346 Å². The van der Waals surface area contributed by atoms with Gasteiger partial charge in [-0.1, -0.05) is 122 Å². The Kier molecular flexibility index (Phi) is 57.3. The van der Waals surface area contributed by atoms with E-state index in [1.807, 2.05) is 33.1 Å². The van der Waals surface area contributed by atoms with Crippen molar-refractivity contribution in [1.82, 2.24) is 93.6 Å². The highest BCUT2D eigenvalue weighted by atomic mass is 16.5. The van der Waals surface area contributed by atoms with Gasteiger partial charge >= 0.3 is 5.97 Å². The average molecular weight is 1850 g/mol. The number of carbonyl (C=O) groups is 4. The standard InChI is InChI=1S/C15H29N3O2.C14H25N3O.C13H20N2O.C13H19N.C12H24N2O.C11H17N3.C11H20N2O.C6H11N3.C5H12.7CH4/c1-15(2,3)18-10-9-17-8-7-16(11-13(17)12-18)6-5-14(19)20-4;1-5-13(18)16-7-6-15-8-9-17(14(2,3)4)11-12(15)10-16;1-13(2,3)15-6-5-10-8-14-12(16-4)7-11(10)9-15;1-13(2,3)14-9-8-11-6-4-5-7-12(11)10-14;1-11(15)5-6-13-7-9-14(10-8-13)12(2,3)4;1-11(2,3)14-5-4-9-6-12-8-13-10(9)7-14;1-5-10(14)12-6-8-13(9-7-12)11(2,3)4;1-6(2,3)9-5-4-7-8-9;1-5(2,3)4;;;;;;;/h13H,5-12H2,1-4H3;5,12H,1,6-11H2,2-4H3;7-8H,5-6,9H2,1-4H3;4-7H,8-10H2,1-3H3;5-10H2,1-4H3;6,8H,4-5,7H2,1-3H3;5H,1,6-9H2,2-4H3;4-5H,1-3H3;1-4H3;7*1H4. The van der Waals surface area contributed by atoms with Gasteiger partial charge in [-0.25, -0.2) is 19.6 Å². The molecule has 2 atom stereocenters. The molecule has 0 saturated carbocycles. The predicted octanol–water partition coefficient (Wildman–Crippen LogP) is 18.2. The van der Waals surface area contributed by atoms with Crippen LogP contribution in [0.15, 0.2) is 86.8 Å². The lowest BCUT2D eigenvalue weighted by molar-refractivity contribution is -0.141. The van der Waals surface area contributed by atoms with Crippen LogP contribution in [0.2, 0.25) is 0 Å². The van der Waals surface area contributed by atoms with Crippen molar-refractivity contribution in [2.45, 2.75) is 361 Å². The lowest BCUT2D eigenvalue weighted by atomic mass is 9.95. The summed E-state index contributed by atoms with van der Waals surface area (Å²) >= 11 is 0. The van der Waals surface area contributed by atoms with Crippen LogP contribution in [0.3, 0.4) is 0 Å². The molecule has 0 N–H and O–H groups in total. The number of ether oxygens (including phenoxy) is 2. The molecule has 4 aromatic rings. The van der Waals surface area contributed by atoms with Crippen molar-refractivity contribution in [2.75, 3.05) is 178 Å². The van der Waals surface area contributed by atoms with Crippen molar-refractivity contribution >= 4 is 23.6 Å². The van der Waals surface area contributed by atoms with E-state index in [1.54, 1.807) is 26.6 Å². The highest BCUT2D eigenvalue weighted by molar-refractivity contribution is 5.87. The maximum absolute atomic E-state index is 11.7. The SMILES string of the molecule is C.C.C.C.C.C.C.C=CC(=O)N1CCN(C(C)(C)C)CC1.C=CC(=O)N1CCN2CCN(C(C)(C)C)CC2C1.CC(=O)CCN1CCN(C(C)(C)C)CC1.CC(C)(C)C.CC(C)(C)N1CCc2ccccc2C1.CC(C)(C)N1CCc2cncnc2C1.CC(C)(C)n1ccnn1.COC(=O)CCN1CCN2CCN(C(C)(C)C)CC2C1.COc1cc2c(cn1)CCN(C(C)(C)C)C2. The molecule has 13 rings (SSSR count). The second kappa shape index (κ2) is 58.3. The number of ketones is 1. The maximum atomic E-state index is 11.7. The van der Waals surface area contributed by atoms with E-state index < -0.39 is 0 Å². The molecule has 2 amide bonds. The molecule has 25 nitrogen and oxygen atoms in total. The van der Waals surface area contributed by atoms with Gasteiger partial charge in [0.15, 0.2) is 0 Å². The molecule has 9 aliphatic heterocycles. The molecule has 0 spiro atoms. The summed E-state index contributed by atoms with van der Waals surface area (Å²) < 4.78 is 11.7. The Morgan fingerprint density at radius 2 is 0.803 bits per heavy atom. The molecule has 0 radical (unpaired) electrons. The van der Waals surface area contributed by atoms with Crippen LogP contribution in [0.25, 0.3) is 0 Å². The molecule has 1 aromatic carbocycles. The molecule has 25 heteroatoms. The summed E-state index contributed by atoms with van der Waals surface area (Å²) in [5.74, 6) is 1.04. The second-order valence-electron chi connectivity index (χ2n) is 44.7. The first-order valence-corrected chi connectivity index (χ1v) is 46.7. The molecule has 9 aliphatic rings. The number of carbonyl (C=O) groups excluding carboxylic acids is 4. The van der Waals surface area contributed by atoms with Gasteiger partial charge in [-0.15, -0.1) is 5.10 Å². The van der Waals surface area contributed by atoms with Gasteiger partial charge in [0.05, 0.1) is 38.1 Å². The van der Waals surface area contributed by atoms with Gasteiger partial charge in [-0.2, -0.15) is 0 Å². The van der Waals surface area contributed by atoms with Crippen LogP contribution in [0.4, 0.5) is 0 Å². The van der Waals surface area contributed by atoms with Crippen molar-refractivity contribution < 1.29 is 28.7 Å². The Morgan fingerprint density at radius 1 is 0.409 bits per heavy atom. The van der Waals surface area contributed by atoms with Crippen LogP contribution in [0, 0.1) is 5.41 Å². The third-order valence-corrected chi connectivity index (χ3v) is 24.8. The molecule has 132 heavy (non-hydrogen) atoms. The van der Waals surface area contributed by atoms with Crippen LogP contribution < -0.4 is 4.74 Å². The first-order chi connectivity index (χ1) is 57.9. The van der Waals surface area contributed by atoms with E-state index in [4.69, 9.17) is 9.47 Å². The number of amides is 2. The summed E-state index contributed by atoms with van der Waals surface area (Å²) in [6.45, 7) is 100. The maximum Gasteiger partial charge on any atom is 0.306 e. The Morgan fingerprint density at radius 3 is 1.23 bits per heavy atom. The quantitative estimate of drug-likeness (QED) is 0.113. The zero-order valence-corrected chi connectivity index (χ0v) is 84.8. The first kappa shape index (κ1) is 130. The number of pyridine rings is 1. The number of rotatable bonds is 9. The lowest BCUT2D eigenvalue weighted by Gasteiger charge is -2.50. The van der Waals surface area contributed by atoms with Gasteiger partial charge in [-0.05, 0) is 238 Å². The van der Waals surface area contributed by atoms with Crippen LogP contribution >= 0.6 is 0 Å². The monoisotopic (exact) mass is 1850 g/mol. The Bertz CT molecular complexity index is 3790. The summed E-state index contributed by atoms with van der Waals surface area (Å²) in [6.07, 6.45) is 16.5. The number of hydrogen-bond donors (Lipinski definition) is 0. The van der Waals surface area contributed by atoms with E-state index >= 15 is 0 Å². The fraction of sp³-hybridized carbons (Fsp3) is 0.766. The number of fused-ring (bicyclic) bond motifs is 5. The summed E-state index contributed by atoms with van der Waals surface area (Å²) in [5.41, 5.74) is 10.6. The van der Waals surface area contributed by atoms with E-state index in [0.29, 0.717) is 41.7 Å². The minimum atomic E-state index is -0.104. The van der Waals surface area contributed by atoms with Gasteiger partial charge in [0, 0.05) is 265 Å². The zero-order valence-electron chi connectivity index (χ0n) is 84.8. The van der Waals surface area contributed by atoms with Crippen molar-refractivity contribution in [3.8, 4) is 5.88 Å².